The summed E-state index contributed by atoms with van der Waals surface area (Å²) in [6, 6.07) is 1.94. The van der Waals surface area contributed by atoms with E-state index < -0.39 is 5.97 Å². The fourth-order valence-corrected chi connectivity index (χ4v) is 3.74. The van der Waals surface area contributed by atoms with Crippen molar-refractivity contribution in [2.75, 3.05) is 6.61 Å². The molecule has 1 aliphatic carbocycles. The lowest BCUT2D eigenvalue weighted by Crippen LogP contribution is -2.45. The minimum absolute atomic E-state index is 0.0642. The van der Waals surface area contributed by atoms with Gasteiger partial charge < -0.3 is 15.2 Å². The highest BCUT2D eigenvalue weighted by atomic mass is 16.5. The van der Waals surface area contributed by atoms with Crippen LogP contribution in [-0.4, -0.2) is 29.1 Å². The number of ether oxygens (including phenoxy) is 1. The van der Waals surface area contributed by atoms with E-state index in [0.717, 1.165) is 30.4 Å². The van der Waals surface area contributed by atoms with Crippen molar-refractivity contribution in [3.8, 4) is 5.75 Å². The summed E-state index contributed by atoms with van der Waals surface area (Å²) in [6.45, 7) is 11.7. The van der Waals surface area contributed by atoms with Crippen LogP contribution in [0.15, 0.2) is 6.07 Å². The lowest BCUT2D eigenvalue weighted by Gasteiger charge is -2.33. The predicted octanol–water partition coefficient (Wildman–Crippen LogP) is 3.42. The summed E-state index contributed by atoms with van der Waals surface area (Å²) in [7, 11) is 0. The Labute approximate surface area is 156 Å². The predicted molar refractivity (Wildman–Crippen MR) is 102 cm³/mol. The second-order valence-corrected chi connectivity index (χ2v) is 8.49. The number of fused-ring (bicyclic) bond motifs is 1. The number of benzene rings is 1. The Bertz CT molecular complexity index is 703. The SMILES string of the molecule is Cc1cc(OCC(=O)O)c(C)c2c1CC[C@@H]([C@H](C)C(=O)NC(C)(C)C)C2. The summed E-state index contributed by atoms with van der Waals surface area (Å²) in [5, 5.41) is 12.0. The summed E-state index contributed by atoms with van der Waals surface area (Å²) >= 11 is 0. The van der Waals surface area contributed by atoms with Crippen molar-refractivity contribution in [2.24, 2.45) is 11.8 Å². The van der Waals surface area contributed by atoms with Gasteiger partial charge in [0.1, 0.15) is 5.75 Å². The number of carboxylic acid groups (broad SMARTS) is 1. The molecule has 0 aliphatic heterocycles. The van der Waals surface area contributed by atoms with Gasteiger partial charge in [-0.25, -0.2) is 4.79 Å². The third-order valence-electron chi connectivity index (χ3n) is 5.21. The molecule has 0 saturated carbocycles. The van der Waals surface area contributed by atoms with Crippen molar-refractivity contribution in [3.05, 3.63) is 28.3 Å². The van der Waals surface area contributed by atoms with Gasteiger partial charge in [-0.15, -0.1) is 0 Å². The Balaban J connectivity index is 2.22. The molecule has 0 fully saturated rings. The second kappa shape index (κ2) is 7.68. The molecule has 0 unspecified atom stereocenters. The Morgan fingerprint density at radius 3 is 2.54 bits per heavy atom. The van der Waals surface area contributed by atoms with Gasteiger partial charge in [0, 0.05) is 11.5 Å². The topological polar surface area (TPSA) is 75.6 Å². The minimum Gasteiger partial charge on any atom is -0.482 e. The van der Waals surface area contributed by atoms with E-state index in [0.29, 0.717) is 5.75 Å². The first-order valence-electron chi connectivity index (χ1n) is 9.28. The van der Waals surface area contributed by atoms with Gasteiger partial charge in [0.2, 0.25) is 5.91 Å². The molecular weight excluding hydrogens is 330 g/mol. The number of aliphatic carboxylic acids is 1. The monoisotopic (exact) mass is 361 g/mol. The van der Waals surface area contributed by atoms with Crippen LogP contribution in [-0.2, 0) is 22.4 Å². The van der Waals surface area contributed by atoms with Crippen LogP contribution >= 0.6 is 0 Å². The highest BCUT2D eigenvalue weighted by molar-refractivity contribution is 5.79. The Hall–Kier alpha value is -2.04. The number of carboxylic acids is 1. The van der Waals surface area contributed by atoms with Crippen LogP contribution in [0.2, 0.25) is 0 Å². The first-order valence-corrected chi connectivity index (χ1v) is 9.28. The van der Waals surface area contributed by atoms with Crippen LogP contribution < -0.4 is 10.1 Å². The molecule has 2 atom stereocenters. The van der Waals surface area contributed by atoms with E-state index in [4.69, 9.17) is 9.84 Å². The molecule has 26 heavy (non-hydrogen) atoms. The van der Waals surface area contributed by atoms with Crippen LogP contribution in [0.4, 0.5) is 0 Å². The molecule has 1 aromatic carbocycles. The third kappa shape index (κ3) is 4.77. The van der Waals surface area contributed by atoms with Crippen molar-refractivity contribution in [3.63, 3.8) is 0 Å². The largest absolute Gasteiger partial charge is 0.482 e. The zero-order valence-corrected chi connectivity index (χ0v) is 16.7. The summed E-state index contributed by atoms with van der Waals surface area (Å²) < 4.78 is 5.48. The molecule has 0 radical (unpaired) electrons. The van der Waals surface area contributed by atoms with Gasteiger partial charge in [-0.05, 0) is 88.1 Å². The zero-order chi connectivity index (χ0) is 19.6. The molecule has 0 bridgehead atoms. The smallest absolute Gasteiger partial charge is 0.341 e. The molecule has 0 saturated heterocycles. The van der Waals surface area contributed by atoms with Gasteiger partial charge >= 0.3 is 5.97 Å². The van der Waals surface area contributed by atoms with E-state index in [1.165, 1.54) is 11.1 Å². The van der Waals surface area contributed by atoms with Crippen molar-refractivity contribution in [2.45, 2.75) is 66.3 Å². The summed E-state index contributed by atoms with van der Waals surface area (Å²) in [6.07, 6.45) is 2.76. The Morgan fingerprint density at radius 1 is 1.31 bits per heavy atom. The molecule has 5 heteroatoms. The molecule has 0 spiro atoms. The Morgan fingerprint density at radius 2 is 1.96 bits per heavy atom. The lowest BCUT2D eigenvalue weighted by molar-refractivity contribution is -0.139. The van der Waals surface area contributed by atoms with Crippen molar-refractivity contribution in [1.29, 1.82) is 0 Å². The number of carbonyl (C=O) groups excluding carboxylic acids is 1. The van der Waals surface area contributed by atoms with Crippen LogP contribution in [0.1, 0.15) is 56.4 Å². The molecule has 1 amide bonds. The van der Waals surface area contributed by atoms with Gasteiger partial charge in [0.05, 0.1) is 0 Å². The maximum absolute atomic E-state index is 12.6. The molecule has 1 aliphatic rings. The van der Waals surface area contributed by atoms with Crippen LogP contribution in [0.5, 0.6) is 5.75 Å². The molecule has 1 aromatic rings. The third-order valence-corrected chi connectivity index (χ3v) is 5.21. The molecule has 5 nitrogen and oxygen atoms in total. The minimum atomic E-state index is -0.981. The fraction of sp³-hybridized carbons (Fsp3) is 0.619. The highest BCUT2D eigenvalue weighted by Crippen LogP contribution is 2.37. The van der Waals surface area contributed by atoms with E-state index in [-0.39, 0.29) is 29.9 Å². The highest BCUT2D eigenvalue weighted by Gasteiger charge is 2.31. The molecule has 0 heterocycles. The van der Waals surface area contributed by atoms with Crippen LogP contribution in [0.3, 0.4) is 0 Å². The standard InChI is InChI=1S/C21H31NO4/c1-12-9-18(26-11-19(23)24)14(3)17-10-15(7-8-16(12)17)13(2)20(25)22-21(4,5)6/h9,13,15H,7-8,10-11H2,1-6H3,(H,22,25)(H,23,24)/t13-,15+/m0/s1. The lowest BCUT2D eigenvalue weighted by atomic mass is 9.74. The summed E-state index contributed by atoms with van der Waals surface area (Å²) in [4.78, 5) is 23.4. The van der Waals surface area contributed by atoms with Crippen LogP contribution in [0, 0.1) is 25.7 Å². The van der Waals surface area contributed by atoms with Crippen molar-refractivity contribution < 1.29 is 19.4 Å². The molecule has 2 N–H and O–H groups in total. The van der Waals surface area contributed by atoms with E-state index in [9.17, 15) is 9.59 Å². The van der Waals surface area contributed by atoms with Gasteiger partial charge in [-0.2, -0.15) is 0 Å². The zero-order valence-electron chi connectivity index (χ0n) is 16.7. The maximum Gasteiger partial charge on any atom is 0.341 e. The van der Waals surface area contributed by atoms with E-state index in [1.54, 1.807) is 0 Å². The average Bonchev–Trinajstić information content (AvgIpc) is 2.54. The number of nitrogens with one attached hydrogen (secondary N) is 1. The van der Waals surface area contributed by atoms with Crippen LogP contribution in [0.25, 0.3) is 0 Å². The van der Waals surface area contributed by atoms with Gasteiger partial charge in [0.25, 0.3) is 0 Å². The quantitative estimate of drug-likeness (QED) is 0.842. The fourth-order valence-electron chi connectivity index (χ4n) is 3.74. The first-order chi connectivity index (χ1) is 12.0. The maximum atomic E-state index is 12.6. The average molecular weight is 361 g/mol. The second-order valence-electron chi connectivity index (χ2n) is 8.49. The van der Waals surface area contributed by atoms with Gasteiger partial charge in [0.15, 0.2) is 6.61 Å². The number of rotatable bonds is 5. The number of hydrogen-bond acceptors (Lipinski definition) is 3. The number of hydrogen-bond donors (Lipinski definition) is 2. The van der Waals surface area contributed by atoms with Crippen molar-refractivity contribution in [1.82, 2.24) is 5.32 Å². The van der Waals surface area contributed by atoms with E-state index in [2.05, 4.69) is 5.32 Å². The van der Waals surface area contributed by atoms with Gasteiger partial charge in [-0.3, -0.25) is 4.79 Å². The number of aryl methyl sites for hydroxylation is 1. The van der Waals surface area contributed by atoms with E-state index in [1.807, 2.05) is 47.6 Å². The Kier molecular flexibility index (Phi) is 5.99. The molecule has 0 aromatic heterocycles. The van der Waals surface area contributed by atoms with Crippen molar-refractivity contribution >= 4 is 11.9 Å². The van der Waals surface area contributed by atoms with E-state index >= 15 is 0 Å². The summed E-state index contributed by atoms with van der Waals surface area (Å²) in [5.41, 5.74) is 4.44. The molecule has 2 rings (SSSR count). The molecule has 144 valence electrons. The number of amides is 1. The van der Waals surface area contributed by atoms with Gasteiger partial charge in [-0.1, -0.05) is 6.92 Å². The number of carbonyl (C=O) groups is 2. The summed E-state index contributed by atoms with van der Waals surface area (Å²) in [5.74, 6) is -0.0387. The first kappa shape index (κ1) is 20.3. The molecular formula is C21H31NO4. The normalized spacial score (nSPS) is 18.0.